The lowest BCUT2D eigenvalue weighted by Gasteiger charge is -2.28. The molecule has 1 heterocycles. The van der Waals surface area contributed by atoms with Crippen molar-refractivity contribution in [1.29, 1.82) is 0 Å². The van der Waals surface area contributed by atoms with Crippen LogP contribution in [0, 0.1) is 5.92 Å². The van der Waals surface area contributed by atoms with E-state index in [1.807, 2.05) is 0 Å². The summed E-state index contributed by atoms with van der Waals surface area (Å²) in [4.78, 5) is 23.7. The van der Waals surface area contributed by atoms with Crippen molar-refractivity contribution in [3.8, 4) is 0 Å². The van der Waals surface area contributed by atoms with Gasteiger partial charge in [-0.3, -0.25) is 9.59 Å². The fourth-order valence-electron chi connectivity index (χ4n) is 1.89. The number of hydrogen-bond acceptors (Lipinski definition) is 4. The Morgan fingerprint density at radius 2 is 2.00 bits per heavy atom. The number of amides is 1. The lowest BCUT2D eigenvalue weighted by atomic mass is 10.1. The van der Waals surface area contributed by atoms with Crippen LogP contribution in [0.2, 0.25) is 0 Å². The van der Waals surface area contributed by atoms with Crippen LogP contribution in [0.15, 0.2) is 0 Å². The van der Waals surface area contributed by atoms with Gasteiger partial charge >= 0.3 is 5.97 Å². The third kappa shape index (κ3) is 3.69. The fraction of sp³-hybridized carbons (Fsp3) is 0.800. The van der Waals surface area contributed by atoms with Gasteiger partial charge in [-0.15, -0.1) is 0 Å². The molecule has 1 rings (SSSR count). The van der Waals surface area contributed by atoms with Crippen LogP contribution in [-0.4, -0.2) is 54.4 Å². The maximum absolute atomic E-state index is 11.8. The van der Waals surface area contributed by atoms with E-state index in [0.717, 1.165) is 0 Å². The molecule has 1 amide bonds. The van der Waals surface area contributed by atoms with Crippen molar-refractivity contribution in [2.24, 2.45) is 5.92 Å². The SMILES string of the molecule is CC(C)C(=O)N(CC(=O)O)C1CCS(=O)(=O)C1. The van der Waals surface area contributed by atoms with Crippen LogP contribution >= 0.6 is 0 Å². The van der Waals surface area contributed by atoms with Crippen LogP contribution in [0.5, 0.6) is 0 Å². The number of aliphatic carboxylic acids is 1. The van der Waals surface area contributed by atoms with Gasteiger partial charge in [-0.1, -0.05) is 13.8 Å². The zero-order valence-electron chi connectivity index (χ0n) is 9.92. The van der Waals surface area contributed by atoms with Crippen molar-refractivity contribution in [3.63, 3.8) is 0 Å². The first-order valence-corrected chi connectivity index (χ1v) is 7.28. The maximum Gasteiger partial charge on any atom is 0.323 e. The van der Waals surface area contributed by atoms with Gasteiger partial charge in [0.05, 0.1) is 11.5 Å². The first kappa shape index (κ1) is 14.0. The Labute approximate surface area is 101 Å². The first-order valence-electron chi connectivity index (χ1n) is 5.45. The van der Waals surface area contributed by atoms with Crippen LogP contribution in [0.3, 0.4) is 0 Å². The van der Waals surface area contributed by atoms with E-state index in [0.29, 0.717) is 6.42 Å². The zero-order chi connectivity index (χ0) is 13.2. The standard InChI is InChI=1S/C10H17NO5S/c1-7(2)10(14)11(5-9(12)13)8-3-4-17(15,16)6-8/h7-8H,3-6H2,1-2H3,(H,12,13). The van der Waals surface area contributed by atoms with Crippen molar-refractivity contribution in [3.05, 3.63) is 0 Å². The number of carbonyl (C=O) groups excluding carboxylic acids is 1. The molecule has 0 spiro atoms. The highest BCUT2D eigenvalue weighted by Crippen LogP contribution is 2.19. The van der Waals surface area contributed by atoms with E-state index in [4.69, 9.17) is 5.11 Å². The second-order valence-corrected chi connectivity index (χ2v) is 6.80. The third-order valence-electron chi connectivity index (χ3n) is 2.73. The second kappa shape index (κ2) is 5.03. The quantitative estimate of drug-likeness (QED) is 0.754. The van der Waals surface area contributed by atoms with Gasteiger partial charge in [0, 0.05) is 12.0 Å². The van der Waals surface area contributed by atoms with E-state index < -0.39 is 28.4 Å². The molecule has 1 aliphatic rings. The minimum atomic E-state index is -3.12. The maximum atomic E-state index is 11.8. The smallest absolute Gasteiger partial charge is 0.323 e. The summed E-state index contributed by atoms with van der Waals surface area (Å²) in [6, 6.07) is -0.494. The van der Waals surface area contributed by atoms with Gasteiger partial charge in [0.1, 0.15) is 6.54 Å². The number of carboxylic acid groups (broad SMARTS) is 1. The summed E-state index contributed by atoms with van der Waals surface area (Å²) in [5.41, 5.74) is 0. The molecule has 6 nitrogen and oxygen atoms in total. The van der Waals surface area contributed by atoms with Crippen molar-refractivity contribution in [2.45, 2.75) is 26.3 Å². The van der Waals surface area contributed by atoms with Crippen LogP contribution in [0.4, 0.5) is 0 Å². The average Bonchev–Trinajstić information content (AvgIpc) is 2.53. The van der Waals surface area contributed by atoms with Crippen molar-refractivity contribution < 1.29 is 23.1 Å². The predicted octanol–water partition coefficient (Wildman–Crippen LogP) is -0.257. The van der Waals surface area contributed by atoms with E-state index in [2.05, 4.69) is 0 Å². The van der Waals surface area contributed by atoms with Gasteiger partial charge in [-0.2, -0.15) is 0 Å². The van der Waals surface area contributed by atoms with Crippen LogP contribution in [-0.2, 0) is 19.4 Å². The summed E-state index contributed by atoms with van der Waals surface area (Å²) in [7, 11) is -3.12. The molecular formula is C10H17NO5S. The fourth-order valence-corrected chi connectivity index (χ4v) is 3.62. The largest absolute Gasteiger partial charge is 0.480 e. The molecule has 0 aromatic carbocycles. The van der Waals surface area contributed by atoms with Crippen molar-refractivity contribution in [1.82, 2.24) is 4.90 Å². The highest BCUT2D eigenvalue weighted by Gasteiger charge is 2.36. The second-order valence-electron chi connectivity index (χ2n) is 4.57. The third-order valence-corrected chi connectivity index (χ3v) is 4.48. The Kier molecular flexibility index (Phi) is 4.13. The molecule has 17 heavy (non-hydrogen) atoms. The Morgan fingerprint density at radius 3 is 2.35 bits per heavy atom. The highest BCUT2D eigenvalue weighted by atomic mass is 32.2. The number of carbonyl (C=O) groups is 2. The number of carboxylic acids is 1. The van der Waals surface area contributed by atoms with E-state index in [9.17, 15) is 18.0 Å². The first-order chi connectivity index (χ1) is 7.73. The van der Waals surface area contributed by atoms with Gasteiger partial charge in [0.25, 0.3) is 0 Å². The van der Waals surface area contributed by atoms with Crippen LogP contribution in [0.1, 0.15) is 20.3 Å². The predicted molar refractivity (Wildman–Crippen MR) is 61.2 cm³/mol. The summed E-state index contributed by atoms with van der Waals surface area (Å²) in [5.74, 6) is -1.87. The minimum Gasteiger partial charge on any atom is -0.480 e. The van der Waals surface area contributed by atoms with E-state index >= 15 is 0 Å². The number of hydrogen-bond donors (Lipinski definition) is 1. The Balaban J connectivity index is 2.84. The molecule has 0 radical (unpaired) electrons. The number of nitrogens with zero attached hydrogens (tertiary/aromatic N) is 1. The highest BCUT2D eigenvalue weighted by molar-refractivity contribution is 7.91. The Bertz CT molecular complexity index is 414. The molecule has 7 heteroatoms. The van der Waals surface area contributed by atoms with E-state index in [1.165, 1.54) is 4.90 Å². The molecular weight excluding hydrogens is 246 g/mol. The van der Waals surface area contributed by atoms with Gasteiger partial charge in [0.2, 0.25) is 5.91 Å². The molecule has 1 atom stereocenters. The monoisotopic (exact) mass is 263 g/mol. The summed E-state index contributed by atoms with van der Waals surface area (Å²) in [6.45, 7) is 2.90. The molecule has 1 saturated heterocycles. The number of rotatable bonds is 4. The summed E-state index contributed by atoms with van der Waals surface area (Å²) in [5, 5.41) is 8.76. The molecule has 1 N–H and O–H groups in total. The minimum absolute atomic E-state index is 0.0269. The summed E-state index contributed by atoms with van der Waals surface area (Å²) in [6.07, 6.45) is 0.327. The molecule has 0 saturated carbocycles. The molecule has 1 aliphatic heterocycles. The van der Waals surface area contributed by atoms with Crippen LogP contribution in [0.25, 0.3) is 0 Å². The number of sulfone groups is 1. The van der Waals surface area contributed by atoms with Crippen molar-refractivity contribution >= 4 is 21.7 Å². The molecule has 0 aromatic heterocycles. The molecule has 1 unspecified atom stereocenters. The normalized spacial score (nSPS) is 22.6. The van der Waals surface area contributed by atoms with Gasteiger partial charge in [-0.25, -0.2) is 8.42 Å². The Morgan fingerprint density at radius 1 is 1.41 bits per heavy atom. The summed E-state index contributed by atoms with van der Waals surface area (Å²) >= 11 is 0. The van der Waals surface area contributed by atoms with Gasteiger partial charge < -0.3 is 10.0 Å². The molecule has 0 aliphatic carbocycles. The molecule has 0 aromatic rings. The average molecular weight is 263 g/mol. The van der Waals surface area contributed by atoms with E-state index in [1.54, 1.807) is 13.8 Å². The van der Waals surface area contributed by atoms with Crippen molar-refractivity contribution in [2.75, 3.05) is 18.1 Å². The zero-order valence-corrected chi connectivity index (χ0v) is 10.7. The lowest BCUT2D eigenvalue weighted by molar-refractivity contribution is -0.147. The van der Waals surface area contributed by atoms with Gasteiger partial charge in [0.15, 0.2) is 9.84 Å². The topological polar surface area (TPSA) is 91.8 Å². The molecule has 0 bridgehead atoms. The van der Waals surface area contributed by atoms with Gasteiger partial charge in [-0.05, 0) is 6.42 Å². The molecule has 1 fully saturated rings. The van der Waals surface area contributed by atoms with E-state index in [-0.39, 0.29) is 23.3 Å². The molecule has 98 valence electrons. The Hall–Kier alpha value is -1.11. The lowest BCUT2D eigenvalue weighted by Crippen LogP contribution is -2.46. The van der Waals surface area contributed by atoms with Crippen LogP contribution < -0.4 is 0 Å². The summed E-state index contributed by atoms with van der Waals surface area (Å²) < 4.78 is 22.7.